The second-order valence-corrected chi connectivity index (χ2v) is 3.26. The van der Waals surface area contributed by atoms with E-state index in [1.54, 1.807) is 18.6 Å². The molecule has 78 valence electrons. The molecule has 1 atom stereocenters. The lowest BCUT2D eigenvalue weighted by molar-refractivity contribution is 0.632. The van der Waals surface area contributed by atoms with Crippen LogP contribution in [0.2, 0.25) is 0 Å². The van der Waals surface area contributed by atoms with Crippen molar-refractivity contribution in [2.24, 2.45) is 0 Å². The van der Waals surface area contributed by atoms with Crippen LogP contribution in [0.1, 0.15) is 12.8 Å². The Kier molecular flexibility index (Phi) is 4.62. The molecule has 14 heavy (non-hydrogen) atoms. The summed E-state index contributed by atoms with van der Waals surface area (Å²) in [6, 6.07) is 0.599. The monoisotopic (exact) mass is 214 g/mol. The van der Waals surface area contributed by atoms with Gasteiger partial charge in [-0.1, -0.05) is 0 Å². The standard InChI is InChI=1S/C9H14N4.ClH/c1-2-8(11-3-1)6-13-9-7-10-4-5-12-9;/h4-5,7-8,11H,1-3,6H2,(H,12,13);1H. The first kappa shape index (κ1) is 11.2. The fourth-order valence-electron chi connectivity index (χ4n) is 1.55. The molecule has 2 N–H and O–H groups in total. The van der Waals surface area contributed by atoms with E-state index in [9.17, 15) is 0 Å². The molecule has 0 radical (unpaired) electrons. The van der Waals surface area contributed by atoms with Gasteiger partial charge in [-0.3, -0.25) is 4.98 Å². The zero-order valence-corrected chi connectivity index (χ0v) is 8.76. The minimum Gasteiger partial charge on any atom is -0.367 e. The van der Waals surface area contributed by atoms with Gasteiger partial charge in [0.15, 0.2) is 0 Å². The van der Waals surface area contributed by atoms with Crippen LogP contribution in [0.4, 0.5) is 5.82 Å². The second-order valence-electron chi connectivity index (χ2n) is 3.26. The number of hydrogen-bond donors (Lipinski definition) is 2. The summed E-state index contributed by atoms with van der Waals surface area (Å²) in [5, 5.41) is 6.67. The quantitative estimate of drug-likeness (QED) is 0.790. The Hall–Kier alpha value is -0.870. The van der Waals surface area contributed by atoms with E-state index in [2.05, 4.69) is 20.6 Å². The summed E-state index contributed by atoms with van der Waals surface area (Å²) in [5.41, 5.74) is 0. The molecule has 1 saturated heterocycles. The Bertz CT molecular complexity index is 248. The predicted molar refractivity (Wildman–Crippen MR) is 58.8 cm³/mol. The maximum Gasteiger partial charge on any atom is 0.144 e. The fraction of sp³-hybridized carbons (Fsp3) is 0.556. The van der Waals surface area contributed by atoms with Crippen molar-refractivity contribution in [1.29, 1.82) is 0 Å². The minimum absolute atomic E-state index is 0. The van der Waals surface area contributed by atoms with Gasteiger partial charge in [0.1, 0.15) is 5.82 Å². The highest BCUT2D eigenvalue weighted by Gasteiger charge is 2.12. The second kappa shape index (κ2) is 5.78. The van der Waals surface area contributed by atoms with Gasteiger partial charge < -0.3 is 10.6 Å². The molecule has 0 amide bonds. The van der Waals surface area contributed by atoms with E-state index in [1.807, 2.05) is 0 Å². The smallest absolute Gasteiger partial charge is 0.144 e. The summed E-state index contributed by atoms with van der Waals surface area (Å²) in [6.45, 7) is 2.09. The molecule has 1 aromatic rings. The van der Waals surface area contributed by atoms with Gasteiger partial charge in [0.2, 0.25) is 0 Å². The third kappa shape index (κ3) is 3.12. The van der Waals surface area contributed by atoms with Crippen molar-refractivity contribution in [2.75, 3.05) is 18.4 Å². The molecule has 1 aromatic heterocycles. The minimum atomic E-state index is 0. The Morgan fingerprint density at radius 2 is 2.43 bits per heavy atom. The van der Waals surface area contributed by atoms with Crippen LogP contribution in [0, 0.1) is 0 Å². The van der Waals surface area contributed by atoms with E-state index < -0.39 is 0 Å². The number of rotatable bonds is 3. The predicted octanol–water partition coefficient (Wildman–Crippen LogP) is 1.06. The summed E-state index contributed by atoms with van der Waals surface area (Å²) in [4.78, 5) is 8.12. The Morgan fingerprint density at radius 3 is 3.07 bits per heavy atom. The largest absolute Gasteiger partial charge is 0.367 e. The van der Waals surface area contributed by atoms with E-state index in [0.717, 1.165) is 18.9 Å². The van der Waals surface area contributed by atoms with E-state index in [-0.39, 0.29) is 12.4 Å². The number of anilines is 1. The Morgan fingerprint density at radius 1 is 1.50 bits per heavy atom. The Balaban J connectivity index is 0.000000980. The zero-order valence-electron chi connectivity index (χ0n) is 7.94. The highest BCUT2D eigenvalue weighted by atomic mass is 35.5. The van der Waals surface area contributed by atoms with Crippen LogP contribution in [0.3, 0.4) is 0 Å². The van der Waals surface area contributed by atoms with Gasteiger partial charge in [-0.05, 0) is 19.4 Å². The van der Waals surface area contributed by atoms with Crippen molar-refractivity contribution >= 4 is 18.2 Å². The molecule has 1 aliphatic rings. The molecular weight excluding hydrogens is 200 g/mol. The average molecular weight is 215 g/mol. The molecule has 0 saturated carbocycles. The van der Waals surface area contributed by atoms with Crippen molar-refractivity contribution in [3.05, 3.63) is 18.6 Å². The van der Waals surface area contributed by atoms with Crippen molar-refractivity contribution in [3.8, 4) is 0 Å². The van der Waals surface area contributed by atoms with Gasteiger partial charge in [-0.2, -0.15) is 0 Å². The number of nitrogens with zero attached hydrogens (tertiary/aromatic N) is 2. The summed E-state index contributed by atoms with van der Waals surface area (Å²) in [7, 11) is 0. The van der Waals surface area contributed by atoms with E-state index in [4.69, 9.17) is 0 Å². The molecule has 2 rings (SSSR count). The van der Waals surface area contributed by atoms with Crippen LogP contribution in [0.25, 0.3) is 0 Å². The van der Waals surface area contributed by atoms with Crippen LogP contribution >= 0.6 is 12.4 Å². The summed E-state index contributed by atoms with van der Waals surface area (Å²) in [6.07, 6.45) is 7.67. The number of halogens is 1. The van der Waals surface area contributed by atoms with Gasteiger partial charge in [0.25, 0.3) is 0 Å². The topological polar surface area (TPSA) is 49.8 Å². The van der Waals surface area contributed by atoms with Gasteiger partial charge in [-0.15, -0.1) is 12.4 Å². The normalized spacial score (nSPS) is 20.1. The van der Waals surface area contributed by atoms with Crippen LogP contribution in [-0.4, -0.2) is 29.1 Å². The third-order valence-corrected chi connectivity index (χ3v) is 2.26. The van der Waals surface area contributed by atoms with Gasteiger partial charge in [-0.25, -0.2) is 4.98 Å². The molecule has 0 bridgehead atoms. The number of hydrogen-bond acceptors (Lipinski definition) is 4. The number of nitrogens with one attached hydrogen (secondary N) is 2. The molecule has 0 spiro atoms. The molecule has 4 nitrogen and oxygen atoms in total. The van der Waals surface area contributed by atoms with Crippen molar-refractivity contribution in [1.82, 2.24) is 15.3 Å². The van der Waals surface area contributed by atoms with Gasteiger partial charge >= 0.3 is 0 Å². The molecule has 1 fully saturated rings. The molecule has 0 aliphatic carbocycles. The van der Waals surface area contributed by atoms with Gasteiger partial charge in [0.05, 0.1) is 6.20 Å². The molecule has 5 heteroatoms. The first-order valence-electron chi connectivity index (χ1n) is 4.68. The maximum absolute atomic E-state index is 4.14. The lowest BCUT2D eigenvalue weighted by Crippen LogP contribution is -2.29. The molecule has 1 aliphatic heterocycles. The first-order chi connectivity index (χ1) is 6.45. The SMILES string of the molecule is Cl.c1cnc(NCC2CCCN2)cn1. The molecular formula is C9H15ClN4. The van der Waals surface area contributed by atoms with E-state index in [0.29, 0.717) is 6.04 Å². The van der Waals surface area contributed by atoms with Crippen LogP contribution in [0.15, 0.2) is 18.6 Å². The van der Waals surface area contributed by atoms with Crippen LogP contribution < -0.4 is 10.6 Å². The zero-order chi connectivity index (χ0) is 8.93. The molecule has 0 aromatic carbocycles. The average Bonchev–Trinajstić information content (AvgIpc) is 2.69. The first-order valence-corrected chi connectivity index (χ1v) is 4.68. The van der Waals surface area contributed by atoms with Crippen molar-refractivity contribution in [3.63, 3.8) is 0 Å². The van der Waals surface area contributed by atoms with E-state index in [1.165, 1.54) is 12.8 Å². The summed E-state index contributed by atoms with van der Waals surface area (Å²) >= 11 is 0. The lowest BCUT2D eigenvalue weighted by Gasteiger charge is -2.10. The van der Waals surface area contributed by atoms with Gasteiger partial charge in [0, 0.05) is 25.0 Å². The fourth-order valence-corrected chi connectivity index (χ4v) is 1.55. The Labute approximate surface area is 89.9 Å². The van der Waals surface area contributed by atoms with Crippen molar-refractivity contribution < 1.29 is 0 Å². The molecule has 2 heterocycles. The van der Waals surface area contributed by atoms with Crippen LogP contribution in [0.5, 0.6) is 0 Å². The number of aromatic nitrogens is 2. The van der Waals surface area contributed by atoms with E-state index >= 15 is 0 Å². The highest BCUT2D eigenvalue weighted by Crippen LogP contribution is 2.05. The maximum atomic E-state index is 4.14. The molecule has 1 unspecified atom stereocenters. The lowest BCUT2D eigenvalue weighted by atomic mass is 10.2. The summed E-state index contributed by atoms with van der Waals surface area (Å²) in [5.74, 6) is 0.858. The highest BCUT2D eigenvalue weighted by molar-refractivity contribution is 5.85. The van der Waals surface area contributed by atoms with Crippen LogP contribution in [-0.2, 0) is 0 Å². The summed E-state index contributed by atoms with van der Waals surface area (Å²) < 4.78 is 0. The third-order valence-electron chi connectivity index (χ3n) is 2.26. The van der Waals surface area contributed by atoms with Crippen molar-refractivity contribution in [2.45, 2.75) is 18.9 Å².